The summed E-state index contributed by atoms with van der Waals surface area (Å²) in [5.74, 6) is 0.946. The minimum Gasteiger partial charge on any atom is -0.508 e. The molecular formula is C11H15NO. The van der Waals surface area contributed by atoms with Crippen LogP contribution in [-0.4, -0.2) is 11.1 Å². The average molecular weight is 177 g/mol. The highest BCUT2D eigenvalue weighted by atomic mass is 16.3. The van der Waals surface area contributed by atoms with Gasteiger partial charge in [-0.1, -0.05) is 12.1 Å². The van der Waals surface area contributed by atoms with E-state index in [1.807, 2.05) is 12.1 Å². The normalized spacial score (nSPS) is 27.8. The Morgan fingerprint density at radius 1 is 1.15 bits per heavy atom. The summed E-state index contributed by atoms with van der Waals surface area (Å²) in [4.78, 5) is 0. The van der Waals surface area contributed by atoms with Gasteiger partial charge in [-0.15, -0.1) is 0 Å². The number of nitrogens with two attached hydrogens (primary N) is 1. The van der Waals surface area contributed by atoms with Crippen LogP contribution in [0, 0.1) is 0 Å². The Bertz CT molecular complexity index is 281. The molecule has 0 radical (unpaired) electrons. The van der Waals surface area contributed by atoms with Crippen LogP contribution in [0.4, 0.5) is 0 Å². The molecule has 1 aliphatic rings. The van der Waals surface area contributed by atoms with Gasteiger partial charge in [0.2, 0.25) is 0 Å². The number of hydrogen-bond acceptors (Lipinski definition) is 2. The maximum atomic E-state index is 9.13. The third-order valence-electron chi connectivity index (χ3n) is 2.84. The van der Waals surface area contributed by atoms with Crippen molar-refractivity contribution in [2.24, 2.45) is 5.73 Å². The molecule has 2 atom stereocenters. The summed E-state index contributed by atoms with van der Waals surface area (Å²) in [7, 11) is 0. The molecule has 13 heavy (non-hydrogen) atoms. The Balaban J connectivity index is 2.13. The first-order valence-corrected chi connectivity index (χ1v) is 4.80. The van der Waals surface area contributed by atoms with Crippen molar-refractivity contribution < 1.29 is 5.11 Å². The van der Waals surface area contributed by atoms with E-state index in [0.717, 1.165) is 12.8 Å². The molecule has 2 unspecified atom stereocenters. The number of aromatic hydroxyl groups is 1. The van der Waals surface area contributed by atoms with Gasteiger partial charge in [0.05, 0.1) is 0 Å². The van der Waals surface area contributed by atoms with Crippen molar-refractivity contribution in [2.75, 3.05) is 0 Å². The van der Waals surface area contributed by atoms with Gasteiger partial charge in [0.1, 0.15) is 5.75 Å². The maximum Gasteiger partial charge on any atom is 0.115 e. The molecule has 1 saturated carbocycles. The van der Waals surface area contributed by atoms with Crippen LogP contribution in [-0.2, 0) is 0 Å². The first-order chi connectivity index (χ1) is 6.25. The summed E-state index contributed by atoms with van der Waals surface area (Å²) in [6.45, 7) is 0. The Kier molecular flexibility index (Phi) is 2.23. The minimum absolute atomic E-state index is 0.339. The molecule has 0 bridgehead atoms. The number of hydrogen-bond donors (Lipinski definition) is 2. The van der Waals surface area contributed by atoms with Crippen LogP contribution in [0.15, 0.2) is 24.3 Å². The zero-order valence-corrected chi connectivity index (χ0v) is 7.61. The number of phenols is 1. The van der Waals surface area contributed by atoms with Gasteiger partial charge >= 0.3 is 0 Å². The molecule has 0 saturated heterocycles. The lowest BCUT2D eigenvalue weighted by Crippen LogP contribution is -2.14. The van der Waals surface area contributed by atoms with E-state index in [2.05, 4.69) is 0 Å². The molecule has 0 aromatic heterocycles. The van der Waals surface area contributed by atoms with Crippen molar-refractivity contribution >= 4 is 0 Å². The molecule has 1 fully saturated rings. The van der Waals surface area contributed by atoms with Crippen molar-refractivity contribution in [1.29, 1.82) is 0 Å². The lowest BCUT2D eigenvalue weighted by Gasteiger charge is -2.09. The lowest BCUT2D eigenvalue weighted by atomic mass is 9.97. The van der Waals surface area contributed by atoms with E-state index in [0.29, 0.717) is 17.7 Å². The Morgan fingerprint density at radius 3 is 2.38 bits per heavy atom. The highest BCUT2D eigenvalue weighted by Gasteiger charge is 2.22. The quantitative estimate of drug-likeness (QED) is 0.689. The van der Waals surface area contributed by atoms with Gasteiger partial charge < -0.3 is 10.8 Å². The fourth-order valence-corrected chi connectivity index (χ4v) is 2.07. The van der Waals surface area contributed by atoms with Crippen molar-refractivity contribution in [1.82, 2.24) is 0 Å². The van der Waals surface area contributed by atoms with Crippen LogP contribution < -0.4 is 5.73 Å². The smallest absolute Gasteiger partial charge is 0.115 e. The summed E-state index contributed by atoms with van der Waals surface area (Å²) in [5, 5.41) is 9.13. The third-order valence-corrected chi connectivity index (χ3v) is 2.84. The van der Waals surface area contributed by atoms with Crippen molar-refractivity contribution in [2.45, 2.75) is 31.2 Å². The predicted molar refractivity (Wildman–Crippen MR) is 52.7 cm³/mol. The van der Waals surface area contributed by atoms with Crippen molar-refractivity contribution in [3.63, 3.8) is 0 Å². The topological polar surface area (TPSA) is 46.2 Å². The van der Waals surface area contributed by atoms with Crippen LogP contribution in [0.3, 0.4) is 0 Å². The van der Waals surface area contributed by atoms with E-state index >= 15 is 0 Å². The molecule has 0 aliphatic heterocycles. The Labute approximate surface area is 78.4 Å². The van der Waals surface area contributed by atoms with Gasteiger partial charge in [0, 0.05) is 6.04 Å². The summed E-state index contributed by atoms with van der Waals surface area (Å²) in [6.07, 6.45) is 3.41. The third kappa shape index (κ3) is 1.83. The second-order valence-electron chi connectivity index (χ2n) is 3.86. The van der Waals surface area contributed by atoms with Crippen molar-refractivity contribution in [3.8, 4) is 5.75 Å². The zero-order chi connectivity index (χ0) is 9.26. The average Bonchev–Trinajstić information content (AvgIpc) is 2.53. The second-order valence-corrected chi connectivity index (χ2v) is 3.86. The molecule has 2 nitrogen and oxygen atoms in total. The fraction of sp³-hybridized carbons (Fsp3) is 0.455. The lowest BCUT2D eigenvalue weighted by molar-refractivity contribution is 0.475. The van der Waals surface area contributed by atoms with Crippen LogP contribution in [0.5, 0.6) is 5.75 Å². The van der Waals surface area contributed by atoms with E-state index in [9.17, 15) is 0 Å². The van der Waals surface area contributed by atoms with E-state index in [-0.39, 0.29) is 0 Å². The molecule has 3 N–H and O–H groups in total. The number of rotatable bonds is 1. The first-order valence-electron chi connectivity index (χ1n) is 4.80. The maximum absolute atomic E-state index is 9.13. The summed E-state index contributed by atoms with van der Waals surface area (Å²) >= 11 is 0. The molecular weight excluding hydrogens is 162 g/mol. The van der Waals surface area contributed by atoms with E-state index in [1.54, 1.807) is 12.1 Å². The van der Waals surface area contributed by atoms with E-state index in [1.165, 1.54) is 12.0 Å². The van der Waals surface area contributed by atoms with Gasteiger partial charge in [0.15, 0.2) is 0 Å². The highest BCUT2D eigenvalue weighted by molar-refractivity contribution is 5.29. The molecule has 0 amide bonds. The van der Waals surface area contributed by atoms with Gasteiger partial charge in [0.25, 0.3) is 0 Å². The standard InChI is InChI=1S/C11H15NO/c12-10-4-1-9(7-10)8-2-5-11(13)6-3-8/h2-3,5-6,9-10,13H,1,4,7,12H2. The summed E-state index contributed by atoms with van der Waals surface area (Å²) < 4.78 is 0. The Hall–Kier alpha value is -1.02. The molecule has 2 rings (SSSR count). The predicted octanol–water partition coefficient (Wildman–Crippen LogP) is 1.99. The Morgan fingerprint density at radius 2 is 1.85 bits per heavy atom. The number of phenolic OH excluding ortho intramolecular Hbond substituents is 1. The van der Waals surface area contributed by atoms with Crippen LogP contribution >= 0.6 is 0 Å². The molecule has 2 heteroatoms. The molecule has 1 aliphatic carbocycles. The van der Waals surface area contributed by atoms with E-state index < -0.39 is 0 Å². The highest BCUT2D eigenvalue weighted by Crippen LogP contribution is 2.33. The van der Waals surface area contributed by atoms with Crippen molar-refractivity contribution in [3.05, 3.63) is 29.8 Å². The van der Waals surface area contributed by atoms with Crippen LogP contribution in [0.1, 0.15) is 30.7 Å². The molecule has 1 aromatic carbocycles. The summed E-state index contributed by atoms with van der Waals surface area (Å²) in [5.41, 5.74) is 7.15. The molecule has 0 heterocycles. The second kappa shape index (κ2) is 3.38. The molecule has 1 aromatic rings. The summed E-state index contributed by atoms with van der Waals surface area (Å²) in [6, 6.07) is 7.87. The molecule has 70 valence electrons. The SMILES string of the molecule is NC1CCC(c2ccc(O)cc2)C1. The van der Waals surface area contributed by atoms with Gasteiger partial charge in [-0.25, -0.2) is 0 Å². The largest absolute Gasteiger partial charge is 0.508 e. The van der Waals surface area contributed by atoms with Gasteiger partial charge in [-0.2, -0.15) is 0 Å². The van der Waals surface area contributed by atoms with Crippen LogP contribution in [0.2, 0.25) is 0 Å². The fourth-order valence-electron chi connectivity index (χ4n) is 2.07. The van der Waals surface area contributed by atoms with Gasteiger partial charge in [-0.3, -0.25) is 0 Å². The monoisotopic (exact) mass is 177 g/mol. The van der Waals surface area contributed by atoms with Crippen LogP contribution in [0.25, 0.3) is 0 Å². The minimum atomic E-state index is 0.339. The van der Waals surface area contributed by atoms with Gasteiger partial charge in [-0.05, 0) is 42.9 Å². The molecule has 0 spiro atoms. The first kappa shape index (κ1) is 8.57. The zero-order valence-electron chi connectivity index (χ0n) is 7.61. The van der Waals surface area contributed by atoms with E-state index in [4.69, 9.17) is 10.8 Å². The number of benzene rings is 1.